The molecule has 0 amide bonds. The van der Waals surface area contributed by atoms with Crippen molar-refractivity contribution in [1.29, 1.82) is 0 Å². The van der Waals surface area contributed by atoms with Gasteiger partial charge in [0.25, 0.3) is 0 Å². The average Bonchev–Trinajstić information content (AvgIpc) is 2.30. The van der Waals surface area contributed by atoms with Gasteiger partial charge in [0.05, 0.1) is 0 Å². The number of halogens is 1. The normalized spacial score (nSPS) is 10.4. The molecule has 70 valence electrons. The molecule has 0 unspecified atom stereocenters. The molecule has 0 aliphatic carbocycles. The van der Waals surface area contributed by atoms with Crippen molar-refractivity contribution in [2.45, 2.75) is 0 Å². The van der Waals surface area contributed by atoms with E-state index in [1.807, 2.05) is 36.4 Å². The molecule has 2 aromatic rings. The third-order valence-electron chi connectivity index (χ3n) is 2.18. The lowest BCUT2D eigenvalue weighted by Crippen LogP contribution is -2.36. The number of hydrogen-bond donors (Lipinski definition) is 0. The second-order valence-electron chi connectivity index (χ2n) is 3.18. The van der Waals surface area contributed by atoms with Crippen molar-refractivity contribution >= 4 is 29.6 Å². The topological polar surface area (TPSA) is 0 Å². The van der Waals surface area contributed by atoms with Crippen molar-refractivity contribution in [3.05, 3.63) is 60.7 Å². The Morgan fingerprint density at radius 1 is 0.714 bits per heavy atom. The van der Waals surface area contributed by atoms with Crippen LogP contribution in [0.2, 0.25) is 0 Å². The van der Waals surface area contributed by atoms with Crippen LogP contribution in [0.3, 0.4) is 0 Å². The quantitative estimate of drug-likeness (QED) is 0.535. The molecule has 0 saturated heterocycles. The fourth-order valence-corrected chi connectivity index (χ4v) is 3.81. The maximum absolute atomic E-state index is 6.47. The van der Waals surface area contributed by atoms with E-state index in [1.165, 1.54) is 10.4 Å². The van der Waals surface area contributed by atoms with E-state index in [1.54, 1.807) is 0 Å². The third-order valence-corrected chi connectivity index (χ3v) is 5.64. The minimum absolute atomic E-state index is 0. The largest absolute Gasteiger partial charge is 1.00 e. The van der Waals surface area contributed by atoms with Crippen molar-refractivity contribution in [2.24, 2.45) is 0 Å². The summed E-state index contributed by atoms with van der Waals surface area (Å²) in [6.45, 7) is 0. The number of rotatable bonds is 2. The molecular formula is C12H12ClSi+. The van der Waals surface area contributed by atoms with Gasteiger partial charge in [-0.3, -0.25) is 0 Å². The molecule has 2 aromatic carbocycles. The van der Waals surface area contributed by atoms with Crippen molar-refractivity contribution in [3.63, 3.8) is 0 Å². The van der Waals surface area contributed by atoms with Crippen LogP contribution in [0.4, 0.5) is 0 Å². The Labute approximate surface area is 92.0 Å². The molecule has 0 aromatic heterocycles. The van der Waals surface area contributed by atoms with Gasteiger partial charge in [-0.1, -0.05) is 60.7 Å². The number of hydrogen-bond acceptors (Lipinski definition) is 0. The van der Waals surface area contributed by atoms with Crippen LogP contribution in [-0.2, 0) is 0 Å². The van der Waals surface area contributed by atoms with E-state index < -0.39 is 8.11 Å². The Morgan fingerprint density at radius 2 is 1.07 bits per heavy atom. The summed E-state index contributed by atoms with van der Waals surface area (Å²) in [4.78, 5) is 0. The van der Waals surface area contributed by atoms with Gasteiger partial charge in [0.2, 0.25) is 8.11 Å². The van der Waals surface area contributed by atoms with Gasteiger partial charge >= 0.3 is 1.43 Å². The van der Waals surface area contributed by atoms with Crippen molar-refractivity contribution in [3.8, 4) is 0 Å². The second kappa shape index (κ2) is 4.44. The zero-order chi connectivity index (χ0) is 9.80. The van der Waals surface area contributed by atoms with Crippen LogP contribution in [0.1, 0.15) is 1.43 Å². The van der Waals surface area contributed by atoms with Crippen LogP contribution >= 0.6 is 11.1 Å². The Morgan fingerprint density at radius 3 is 1.43 bits per heavy atom. The number of benzene rings is 2. The van der Waals surface area contributed by atoms with Crippen LogP contribution in [0.5, 0.6) is 0 Å². The monoisotopic (exact) mass is 219 g/mol. The van der Waals surface area contributed by atoms with Crippen LogP contribution < -0.4 is 10.4 Å². The van der Waals surface area contributed by atoms with Gasteiger partial charge in [0, 0.05) is 0 Å². The van der Waals surface area contributed by atoms with E-state index in [9.17, 15) is 0 Å². The van der Waals surface area contributed by atoms with Gasteiger partial charge < -0.3 is 0 Å². The van der Waals surface area contributed by atoms with Gasteiger partial charge in [-0.2, -0.15) is 11.1 Å². The summed E-state index contributed by atoms with van der Waals surface area (Å²) in [5, 5.41) is 2.56. The van der Waals surface area contributed by atoms with E-state index in [0.29, 0.717) is 0 Å². The highest BCUT2D eigenvalue weighted by Crippen LogP contribution is 1.95. The summed E-state index contributed by atoms with van der Waals surface area (Å²) in [6.07, 6.45) is 0. The molecule has 0 saturated carbocycles. The zero-order valence-electron chi connectivity index (χ0n) is 8.73. The summed E-state index contributed by atoms with van der Waals surface area (Å²) in [7, 11) is -1.45. The lowest BCUT2D eigenvalue weighted by atomic mass is 10.4. The molecule has 0 heterocycles. The lowest BCUT2D eigenvalue weighted by Gasteiger charge is -2.07. The van der Waals surface area contributed by atoms with E-state index >= 15 is 0 Å². The standard InChI is InChI=1S/C12H11ClSi/c13-14(11-7-3-1-4-8-11)12-9-5-2-6-10-12/h1-10,14H/p+1. The highest BCUT2D eigenvalue weighted by molar-refractivity contribution is 7.21. The summed E-state index contributed by atoms with van der Waals surface area (Å²) in [5.74, 6) is 0. The van der Waals surface area contributed by atoms with Crippen molar-refractivity contribution in [2.75, 3.05) is 0 Å². The summed E-state index contributed by atoms with van der Waals surface area (Å²) < 4.78 is 0. The van der Waals surface area contributed by atoms with Gasteiger partial charge in [-0.05, 0) is 10.4 Å². The summed E-state index contributed by atoms with van der Waals surface area (Å²) in [5.41, 5.74) is 0. The molecule has 0 spiro atoms. The fraction of sp³-hybridized carbons (Fsp3) is 0. The van der Waals surface area contributed by atoms with Crippen LogP contribution in [0.25, 0.3) is 0 Å². The molecule has 0 aliphatic rings. The highest BCUT2D eigenvalue weighted by atomic mass is 35.6. The molecular weight excluding hydrogens is 208 g/mol. The third kappa shape index (κ3) is 2.06. The van der Waals surface area contributed by atoms with E-state index in [4.69, 9.17) is 11.1 Å². The molecule has 0 N–H and O–H groups in total. The van der Waals surface area contributed by atoms with Crippen LogP contribution in [0, 0.1) is 0 Å². The Kier molecular flexibility index (Phi) is 3.02. The molecule has 2 heteroatoms. The Hall–Kier alpha value is -1.05. The lowest BCUT2D eigenvalue weighted by molar-refractivity contribution is 1.74. The van der Waals surface area contributed by atoms with Crippen LogP contribution in [0.15, 0.2) is 60.7 Å². The predicted octanol–water partition coefficient (Wildman–Crippen LogP) is 1.88. The molecule has 2 rings (SSSR count). The molecule has 0 nitrogen and oxygen atoms in total. The summed E-state index contributed by atoms with van der Waals surface area (Å²) in [6, 6.07) is 20.6. The second-order valence-corrected chi connectivity index (χ2v) is 6.55. The molecule has 0 atom stereocenters. The highest BCUT2D eigenvalue weighted by Gasteiger charge is 2.11. The first kappa shape index (κ1) is 9.50. The smallest absolute Gasteiger partial charge is 0.159 e. The first-order valence-corrected chi connectivity index (χ1v) is 7.52. The molecule has 0 bridgehead atoms. The predicted molar refractivity (Wildman–Crippen MR) is 66.3 cm³/mol. The van der Waals surface area contributed by atoms with E-state index in [2.05, 4.69) is 24.3 Å². The Bertz CT molecular complexity index is 351. The van der Waals surface area contributed by atoms with Crippen LogP contribution in [-0.4, -0.2) is 8.11 Å². The molecule has 0 aliphatic heterocycles. The van der Waals surface area contributed by atoms with Gasteiger partial charge in [0.15, 0.2) is 0 Å². The zero-order valence-corrected chi connectivity index (χ0v) is 9.64. The summed E-state index contributed by atoms with van der Waals surface area (Å²) >= 11 is 6.47. The minimum atomic E-state index is -1.45. The maximum atomic E-state index is 6.47. The van der Waals surface area contributed by atoms with Crippen molar-refractivity contribution < 1.29 is 1.43 Å². The molecule has 0 radical (unpaired) electrons. The average molecular weight is 220 g/mol. The SMILES string of the molecule is Cl[SiH](c1ccccc1)c1ccccc1.[H+]. The van der Waals surface area contributed by atoms with E-state index in [-0.39, 0.29) is 1.43 Å². The van der Waals surface area contributed by atoms with Gasteiger partial charge in [0.1, 0.15) is 0 Å². The first-order chi connectivity index (χ1) is 6.88. The molecule has 0 fully saturated rings. The fourth-order valence-electron chi connectivity index (χ4n) is 1.44. The Balaban J connectivity index is 0.00000112. The maximum Gasteiger partial charge on any atom is 1.00 e. The van der Waals surface area contributed by atoms with Gasteiger partial charge in [-0.25, -0.2) is 0 Å². The van der Waals surface area contributed by atoms with Crippen molar-refractivity contribution in [1.82, 2.24) is 0 Å². The molecule has 14 heavy (non-hydrogen) atoms. The van der Waals surface area contributed by atoms with Gasteiger partial charge in [-0.15, -0.1) is 0 Å². The first-order valence-electron chi connectivity index (χ1n) is 4.62. The minimum Gasteiger partial charge on any atom is -0.159 e. The van der Waals surface area contributed by atoms with E-state index in [0.717, 1.165) is 0 Å².